The standard InChI is InChI=1S/C25H27N3O3/c1-4-15-31-24-21(16-20-7-5-6-8-22(20)27-24)13-14-23(29)26-17-18-9-11-19(12-10-18)25(30)28(2)3/h5-14,16H,4,15,17H2,1-3H3,(H,26,29)/b14-13+. The lowest BCUT2D eigenvalue weighted by molar-refractivity contribution is -0.116. The summed E-state index contributed by atoms with van der Waals surface area (Å²) in [6.07, 6.45) is 4.07. The minimum Gasteiger partial charge on any atom is -0.477 e. The van der Waals surface area contributed by atoms with Gasteiger partial charge in [-0.15, -0.1) is 0 Å². The number of aromatic nitrogens is 1. The Bertz CT molecular complexity index is 1090. The topological polar surface area (TPSA) is 71.5 Å². The minimum absolute atomic E-state index is 0.0522. The Labute approximate surface area is 182 Å². The van der Waals surface area contributed by atoms with E-state index >= 15 is 0 Å². The van der Waals surface area contributed by atoms with E-state index in [1.54, 1.807) is 32.3 Å². The van der Waals surface area contributed by atoms with Crippen LogP contribution in [0.1, 0.15) is 34.8 Å². The van der Waals surface area contributed by atoms with E-state index < -0.39 is 0 Å². The summed E-state index contributed by atoms with van der Waals surface area (Å²) in [6.45, 7) is 2.96. The van der Waals surface area contributed by atoms with Crippen molar-refractivity contribution in [3.8, 4) is 5.88 Å². The fraction of sp³-hybridized carbons (Fsp3) is 0.240. The van der Waals surface area contributed by atoms with Crippen LogP contribution in [0.2, 0.25) is 0 Å². The summed E-state index contributed by atoms with van der Waals surface area (Å²) >= 11 is 0. The monoisotopic (exact) mass is 417 g/mol. The molecule has 0 aliphatic heterocycles. The van der Waals surface area contributed by atoms with Crippen LogP contribution in [-0.2, 0) is 11.3 Å². The Morgan fingerprint density at radius 3 is 2.55 bits per heavy atom. The Hall–Kier alpha value is -3.67. The van der Waals surface area contributed by atoms with Crippen LogP contribution in [0.25, 0.3) is 17.0 Å². The predicted molar refractivity (Wildman–Crippen MR) is 123 cm³/mol. The number of nitrogens with one attached hydrogen (secondary N) is 1. The molecule has 0 bridgehead atoms. The number of benzene rings is 2. The SMILES string of the molecule is CCCOc1nc2ccccc2cc1/C=C/C(=O)NCc1ccc(C(=O)N(C)C)cc1. The van der Waals surface area contributed by atoms with Gasteiger partial charge in [-0.3, -0.25) is 9.59 Å². The molecule has 0 unspecified atom stereocenters. The van der Waals surface area contributed by atoms with Crippen molar-refractivity contribution >= 4 is 28.8 Å². The van der Waals surface area contributed by atoms with Gasteiger partial charge in [-0.25, -0.2) is 4.98 Å². The van der Waals surface area contributed by atoms with E-state index in [4.69, 9.17) is 4.74 Å². The third-order valence-corrected chi connectivity index (χ3v) is 4.65. The molecule has 6 heteroatoms. The molecule has 1 aromatic heterocycles. The number of carbonyl (C=O) groups excluding carboxylic acids is 2. The molecule has 0 saturated carbocycles. The molecule has 0 aliphatic carbocycles. The van der Waals surface area contributed by atoms with Crippen LogP contribution in [0, 0.1) is 0 Å². The second-order valence-corrected chi connectivity index (χ2v) is 7.37. The lowest BCUT2D eigenvalue weighted by atomic mass is 10.1. The molecule has 2 amide bonds. The van der Waals surface area contributed by atoms with Crippen LogP contribution in [0.5, 0.6) is 5.88 Å². The zero-order valence-electron chi connectivity index (χ0n) is 18.1. The van der Waals surface area contributed by atoms with Crippen LogP contribution in [-0.4, -0.2) is 42.4 Å². The number of hydrogen-bond acceptors (Lipinski definition) is 4. The van der Waals surface area contributed by atoms with E-state index in [1.165, 1.54) is 11.0 Å². The zero-order chi connectivity index (χ0) is 22.2. The first-order valence-corrected chi connectivity index (χ1v) is 10.3. The Morgan fingerprint density at radius 1 is 1.10 bits per heavy atom. The van der Waals surface area contributed by atoms with E-state index in [0.29, 0.717) is 24.6 Å². The normalized spacial score (nSPS) is 10.9. The molecular formula is C25H27N3O3. The Balaban J connectivity index is 1.66. The van der Waals surface area contributed by atoms with Crippen LogP contribution in [0.3, 0.4) is 0 Å². The summed E-state index contributed by atoms with van der Waals surface area (Å²) in [7, 11) is 3.43. The highest BCUT2D eigenvalue weighted by molar-refractivity contribution is 5.94. The molecule has 6 nitrogen and oxygen atoms in total. The van der Waals surface area contributed by atoms with Crippen molar-refractivity contribution in [3.05, 3.63) is 77.4 Å². The number of amides is 2. The third-order valence-electron chi connectivity index (χ3n) is 4.65. The molecule has 0 fully saturated rings. The number of hydrogen-bond donors (Lipinski definition) is 1. The number of fused-ring (bicyclic) bond motifs is 1. The zero-order valence-corrected chi connectivity index (χ0v) is 18.1. The molecule has 31 heavy (non-hydrogen) atoms. The molecule has 0 atom stereocenters. The Morgan fingerprint density at radius 2 is 1.84 bits per heavy atom. The molecule has 2 aromatic carbocycles. The summed E-state index contributed by atoms with van der Waals surface area (Å²) in [5, 5.41) is 3.84. The molecule has 3 aromatic rings. The van der Waals surface area contributed by atoms with E-state index in [-0.39, 0.29) is 11.8 Å². The van der Waals surface area contributed by atoms with E-state index in [9.17, 15) is 9.59 Å². The van der Waals surface area contributed by atoms with Gasteiger partial charge in [0.2, 0.25) is 11.8 Å². The maximum absolute atomic E-state index is 12.3. The molecule has 1 N–H and O–H groups in total. The van der Waals surface area contributed by atoms with Crippen molar-refractivity contribution in [2.75, 3.05) is 20.7 Å². The second kappa shape index (κ2) is 10.4. The maximum Gasteiger partial charge on any atom is 0.253 e. The molecule has 1 heterocycles. The molecule has 160 valence electrons. The number of nitrogens with zero attached hydrogens (tertiary/aromatic N) is 2. The molecule has 0 spiro atoms. The minimum atomic E-state index is -0.219. The summed E-state index contributed by atoms with van der Waals surface area (Å²) in [6, 6.07) is 17.0. The summed E-state index contributed by atoms with van der Waals surface area (Å²) in [5.74, 6) is 0.248. The molecule has 0 radical (unpaired) electrons. The average molecular weight is 418 g/mol. The molecular weight excluding hydrogens is 390 g/mol. The number of ether oxygens (including phenoxy) is 1. The van der Waals surface area contributed by atoms with Crippen molar-refractivity contribution in [1.29, 1.82) is 0 Å². The smallest absolute Gasteiger partial charge is 0.253 e. The fourth-order valence-corrected chi connectivity index (χ4v) is 2.99. The number of carbonyl (C=O) groups is 2. The summed E-state index contributed by atoms with van der Waals surface area (Å²) in [5.41, 5.74) is 3.14. The van der Waals surface area contributed by atoms with E-state index in [1.807, 2.05) is 49.4 Å². The highest BCUT2D eigenvalue weighted by Gasteiger charge is 2.08. The van der Waals surface area contributed by atoms with Gasteiger partial charge in [0.15, 0.2) is 0 Å². The van der Waals surface area contributed by atoms with Gasteiger partial charge in [-0.05, 0) is 42.3 Å². The first-order valence-electron chi connectivity index (χ1n) is 10.3. The van der Waals surface area contributed by atoms with Crippen LogP contribution in [0.15, 0.2) is 60.7 Å². The van der Waals surface area contributed by atoms with Gasteiger partial charge in [0.05, 0.1) is 12.1 Å². The van der Waals surface area contributed by atoms with Crippen LogP contribution < -0.4 is 10.1 Å². The van der Waals surface area contributed by atoms with Gasteiger partial charge in [-0.1, -0.05) is 37.3 Å². The number of rotatable bonds is 8. The van der Waals surface area contributed by atoms with Crippen molar-refractivity contribution in [2.24, 2.45) is 0 Å². The van der Waals surface area contributed by atoms with Gasteiger partial charge >= 0.3 is 0 Å². The summed E-state index contributed by atoms with van der Waals surface area (Å²) < 4.78 is 5.78. The van der Waals surface area contributed by atoms with Gasteiger partial charge in [-0.2, -0.15) is 0 Å². The predicted octanol–water partition coefficient (Wildman–Crippen LogP) is 4.06. The lowest BCUT2D eigenvalue weighted by Gasteiger charge is -2.10. The van der Waals surface area contributed by atoms with Gasteiger partial charge in [0, 0.05) is 43.2 Å². The fourth-order valence-electron chi connectivity index (χ4n) is 2.99. The van der Waals surface area contributed by atoms with Crippen LogP contribution >= 0.6 is 0 Å². The third kappa shape index (κ3) is 5.92. The van der Waals surface area contributed by atoms with Gasteiger partial charge in [0.25, 0.3) is 5.91 Å². The first kappa shape index (κ1) is 22.0. The maximum atomic E-state index is 12.3. The van der Waals surface area contributed by atoms with Gasteiger partial charge in [0.1, 0.15) is 0 Å². The van der Waals surface area contributed by atoms with Crippen molar-refractivity contribution in [2.45, 2.75) is 19.9 Å². The highest BCUT2D eigenvalue weighted by Crippen LogP contribution is 2.23. The van der Waals surface area contributed by atoms with E-state index in [2.05, 4.69) is 10.3 Å². The van der Waals surface area contributed by atoms with Crippen molar-refractivity contribution < 1.29 is 14.3 Å². The summed E-state index contributed by atoms with van der Waals surface area (Å²) in [4.78, 5) is 30.4. The largest absolute Gasteiger partial charge is 0.477 e. The second-order valence-electron chi connectivity index (χ2n) is 7.37. The first-order chi connectivity index (χ1) is 15.0. The van der Waals surface area contributed by atoms with E-state index in [0.717, 1.165) is 28.5 Å². The van der Waals surface area contributed by atoms with Gasteiger partial charge < -0.3 is 15.0 Å². The molecule has 0 aliphatic rings. The van der Waals surface area contributed by atoms with Crippen molar-refractivity contribution in [3.63, 3.8) is 0 Å². The number of para-hydroxylation sites is 1. The lowest BCUT2D eigenvalue weighted by Crippen LogP contribution is -2.22. The Kier molecular flexibility index (Phi) is 7.38. The highest BCUT2D eigenvalue weighted by atomic mass is 16.5. The van der Waals surface area contributed by atoms with Crippen molar-refractivity contribution in [1.82, 2.24) is 15.2 Å². The van der Waals surface area contributed by atoms with Crippen LogP contribution in [0.4, 0.5) is 0 Å². The molecule has 3 rings (SSSR count). The number of pyridine rings is 1. The molecule has 0 saturated heterocycles. The quantitative estimate of drug-likeness (QED) is 0.561. The average Bonchev–Trinajstić information content (AvgIpc) is 2.79.